The van der Waals surface area contributed by atoms with Crippen LogP contribution >= 0.6 is 0 Å². The van der Waals surface area contributed by atoms with Gasteiger partial charge in [-0.05, 0) is 53.1 Å². The third-order valence-electron chi connectivity index (χ3n) is 8.71. The molecule has 6 aromatic rings. The molecule has 3 N–H and O–H groups in total. The Hall–Kier alpha value is -5.82. The molecule has 1 amide bonds. The summed E-state index contributed by atoms with van der Waals surface area (Å²) in [6, 6.07) is 33.2. The lowest BCUT2D eigenvalue weighted by atomic mass is 9.80. The first-order valence-corrected chi connectivity index (χ1v) is 15.9. The topological polar surface area (TPSA) is 150 Å². The van der Waals surface area contributed by atoms with Gasteiger partial charge < -0.3 is 24.1 Å². The number of anilines is 1. The molecule has 0 radical (unpaired) electrons. The molecule has 1 aliphatic heterocycles. The summed E-state index contributed by atoms with van der Waals surface area (Å²) < 4.78 is 34.5. The predicted octanol–water partition coefficient (Wildman–Crippen LogP) is 5.05. The van der Waals surface area contributed by atoms with Crippen molar-refractivity contribution in [2.45, 2.75) is 30.4 Å². The lowest BCUT2D eigenvalue weighted by Gasteiger charge is -2.37. The maximum Gasteiger partial charge on any atom is 0.280 e. The number of ether oxygens (including phenoxy) is 4. The molecule has 2 aromatic heterocycles. The molecule has 4 aromatic carbocycles. The second-order valence-electron chi connectivity index (χ2n) is 11.6. The van der Waals surface area contributed by atoms with E-state index in [2.05, 4.69) is 20.3 Å². The number of carbonyl (C=O) groups excluding carboxylic acids is 1. The molecule has 0 spiro atoms. The Bertz CT molecular complexity index is 2140. The summed E-state index contributed by atoms with van der Waals surface area (Å²) in [5.41, 5.74) is 1.07. The van der Waals surface area contributed by atoms with Gasteiger partial charge in [-0.25, -0.2) is 4.98 Å². The number of H-pyrrole nitrogens is 1. The lowest BCUT2D eigenvalue weighted by molar-refractivity contribution is -0.0931. The zero-order valence-corrected chi connectivity index (χ0v) is 27.3. The Balaban J connectivity index is 1.22. The normalized spacial score (nSPS) is 19.2. The molecule has 1 fully saturated rings. The van der Waals surface area contributed by atoms with Gasteiger partial charge in [-0.15, -0.1) is 0 Å². The molecule has 12 heteroatoms. The first kappa shape index (κ1) is 31.4. The minimum absolute atomic E-state index is 0.00614. The van der Waals surface area contributed by atoms with E-state index in [9.17, 15) is 14.7 Å². The monoisotopic (exact) mass is 674 g/mol. The molecule has 0 aliphatic carbocycles. The molecule has 7 rings (SSSR count). The fourth-order valence-electron chi connectivity index (χ4n) is 6.17. The summed E-state index contributed by atoms with van der Waals surface area (Å²) in [6.45, 7) is -0.206. The van der Waals surface area contributed by atoms with E-state index >= 15 is 0 Å². The second-order valence-corrected chi connectivity index (χ2v) is 11.6. The van der Waals surface area contributed by atoms with Gasteiger partial charge in [-0.2, -0.15) is 4.98 Å². The molecule has 1 aliphatic rings. The van der Waals surface area contributed by atoms with Crippen LogP contribution in [0.15, 0.2) is 120 Å². The molecule has 254 valence electrons. The van der Waals surface area contributed by atoms with Gasteiger partial charge in [0.05, 0.1) is 34.6 Å². The fraction of sp³-hybridized carbons (Fsp3) is 0.211. The molecule has 0 unspecified atom stereocenters. The van der Waals surface area contributed by atoms with Gasteiger partial charge in [-0.3, -0.25) is 24.5 Å². The van der Waals surface area contributed by atoms with Crippen molar-refractivity contribution >= 4 is 23.0 Å². The van der Waals surface area contributed by atoms with Crippen molar-refractivity contribution in [1.82, 2.24) is 19.5 Å². The van der Waals surface area contributed by atoms with Crippen molar-refractivity contribution in [1.29, 1.82) is 0 Å². The van der Waals surface area contributed by atoms with Crippen LogP contribution in [0.3, 0.4) is 0 Å². The van der Waals surface area contributed by atoms with Crippen LogP contribution in [0.5, 0.6) is 11.5 Å². The minimum atomic E-state index is -2.10. The standard InChI is InChI=1S/C38H35N5O7/c1-47-28-17-13-26(14-18-28)38(25-11-7-4-8-12-25,27-15-19-29(48-2)20-16-27)49-22-31-30(44)21-32(50-31)43-23-39-33-34(43)40-37(42-36(33)46)41-35(45)24-9-5-3-6-10-24/h3-20,23,30-32,44H,21-22H2,1-2H3,(H2,40,41,42,45,46)/t30-,31+,32+/m0/s1/i30D. The minimum Gasteiger partial charge on any atom is -0.497 e. The molecule has 12 nitrogen and oxygen atoms in total. The van der Waals surface area contributed by atoms with Crippen molar-refractivity contribution < 1.29 is 30.2 Å². The zero-order chi connectivity index (χ0) is 35.6. The number of methoxy groups -OCH3 is 2. The van der Waals surface area contributed by atoms with Crippen molar-refractivity contribution in [2.24, 2.45) is 0 Å². The highest BCUT2D eigenvalue weighted by Crippen LogP contribution is 2.43. The van der Waals surface area contributed by atoms with Crippen molar-refractivity contribution in [3.63, 3.8) is 0 Å². The molecular formula is C38H35N5O7. The predicted molar refractivity (Wildman–Crippen MR) is 185 cm³/mol. The Morgan fingerprint density at radius 1 is 0.940 bits per heavy atom. The molecule has 1 saturated heterocycles. The maximum absolute atomic E-state index is 12.9. The van der Waals surface area contributed by atoms with Crippen LogP contribution in [0, 0.1) is 0 Å². The van der Waals surface area contributed by atoms with E-state index in [4.69, 9.17) is 20.3 Å². The summed E-state index contributed by atoms with van der Waals surface area (Å²) >= 11 is 0. The molecule has 0 bridgehead atoms. The van der Waals surface area contributed by atoms with Gasteiger partial charge in [0.15, 0.2) is 11.2 Å². The van der Waals surface area contributed by atoms with Crippen LogP contribution in [0.2, 0.25) is 0 Å². The third kappa shape index (κ3) is 6.23. The third-order valence-corrected chi connectivity index (χ3v) is 8.71. The SMILES string of the molecule is [2H][C@]1(O)C[C@H](n2cnc3c(=O)[nH]c(NC(=O)c4ccccc4)nc32)O[C@@H]1COC(c1ccccc1)(c1ccc(OC)cc1)c1ccc(OC)cc1. The number of carbonyl (C=O) groups is 1. The Morgan fingerprint density at radius 2 is 1.52 bits per heavy atom. The van der Waals surface area contributed by atoms with Crippen molar-refractivity contribution in [2.75, 3.05) is 26.1 Å². The number of aromatic amines is 1. The lowest BCUT2D eigenvalue weighted by Crippen LogP contribution is -2.38. The van der Waals surface area contributed by atoms with Gasteiger partial charge in [0.1, 0.15) is 29.4 Å². The molecule has 3 heterocycles. The first-order valence-electron chi connectivity index (χ1n) is 16.4. The number of rotatable bonds is 11. The van der Waals surface area contributed by atoms with Crippen LogP contribution in [-0.2, 0) is 15.1 Å². The van der Waals surface area contributed by atoms with Crippen LogP contribution in [-0.4, -0.2) is 63.5 Å². The first-order chi connectivity index (χ1) is 24.7. The quantitative estimate of drug-likeness (QED) is 0.161. The smallest absolute Gasteiger partial charge is 0.280 e. The van der Waals surface area contributed by atoms with Crippen LogP contribution < -0.4 is 20.3 Å². The molecule has 50 heavy (non-hydrogen) atoms. The molecule has 3 atom stereocenters. The number of fused-ring (bicyclic) bond motifs is 1. The number of hydrogen-bond donors (Lipinski definition) is 3. The Labute approximate surface area is 288 Å². The van der Waals surface area contributed by atoms with Gasteiger partial charge in [0.25, 0.3) is 11.5 Å². The number of imidazole rings is 1. The van der Waals surface area contributed by atoms with Gasteiger partial charge >= 0.3 is 0 Å². The van der Waals surface area contributed by atoms with Crippen molar-refractivity contribution in [3.05, 3.63) is 148 Å². The van der Waals surface area contributed by atoms with Gasteiger partial charge in [0, 0.05) is 12.0 Å². The van der Waals surface area contributed by atoms with Crippen LogP contribution in [0.25, 0.3) is 11.2 Å². The van der Waals surface area contributed by atoms with E-state index in [1.165, 1.54) is 10.9 Å². The van der Waals surface area contributed by atoms with E-state index in [1.807, 2.05) is 78.9 Å². The van der Waals surface area contributed by atoms with Crippen LogP contribution in [0.4, 0.5) is 5.95 Å². The Kier molecular flexibility index (Phi) is 8.78. The average Bonchev–Trinajstić information content (AvgIpc) is 3.73. The number of hydrogen-bond acceptors (Lipinski definition) is 9. The highest BCUT2D eigenvalue weighted by molar-refractivity contribution is 6.03. The number of benzene rings is 4. The number of nitrogens with zero attached hydrogens (tertiary/aromatic N) is 3. The summed E-state index contributed by atoms with van der Waals surface area (Å²) in [6.07, 6.45) is -3.00. The highest BCUT2D eigenvalue weighted by Gasteiger charge is 2.42. The van der Waals surface area contributed by atoms with Crippen molar-refractivity contribution in [3.8, 4) is 11.5 Å². The summed E-state index contributed by atoms with van der Waals surface area (Å²) in [5.74, 6) is 0.782. The van der Waals surface area contributed by atoms with E-state index in [0.717, 1.165) is 16.7 Å². The highest BCUT2D eigenvalue weighted by atomic mass is 16.6. The second kappa shape index (κ2) is 14.0. The van der Waals surface area contributed by atoms with Gasteiger partial charge in [-0.1, -0.05) is 72.8 Å². The van der Waals surface area contributed by atoms with E-state index in [1.54, 1.807) is 44.6 Å². The number of amides is 1. The fourth-order valence-corrected chi connectivity index (χ4v) is 6.17. The van der Waals surface area contributed by atoms with E-state index in [0.29, 0.717) is 17.1 Å². The molecule has 0 saturated carbocycles. The van der Waals surface area contributed by atoms with E-state index in [-0.39, 0.29) is 30.1 Å². The Morgan fingerprint density at radius 3 is 2.12 bits per heavy atom. The van der Waals surface area contributed by atoms with Gasteiger partial charge in [0.2, 0.25) is 5.95 Å². The van der Waals surface area contributed by atoms with Crippen LogP contribution in [0.1, 0.15) is 41.1 Å². The summed E-state index contributed by atoms with van der Waals surface area (Å²) in [7, 11) is 3.19. The summed E-state index contributed by atoms with van der Waals surface area (Å²) in [5, 5.41) is 14.1. The zero-order valence-electron chi connectivity index (χ0n) is 28.3. The van der Waals surface area contributed by atoms with E-state index < -0.39 is 35.5 Å². The number of nitrogens with one attached hydrogen (secondary N) is 2. The maximum atomic E-state index is 12.9. The average molecular weight is 675 g/mol. The largest absolute Gasteiger partial charge is 0.497 e. The molecular weight excluding hydrogens is 638 g/mol. The number of aromatic nitrogens is 4. The number of aliphatic hydroxyl groups is 1. The summed E-state index contributed by atoms with van der Waals surface area (Å²) in [4.78, 5) is 36.9.